The standard InChI is InChI=1S/C31H37F2N5O4/c1-3-22-24(33)6-5-19-13-21(39)14-26(28(19)22)37-12-7-23-25(17-37)34-30(35-29(23)36(2)11-8-27(40)41)42-18-31-9-4-10-38(31)16-20(32)15-31/h5-6,13-14,20,39H,3-4,7-12,15-18H2,1-2H3,(H,40,41)/t20-,31+/m1/s1. The maximum Gasteiger partial charge on any atom is 0.318 e. The van der Waals surface area contributed by atoms with Gasteiger partial charge in [-0.25, -0.2) is 8.78 Å². The van der Waals surface area contributed by atoms with Crippen LogP contribution in [0, 0.1) is 5.82 Å². The van der Waals surface area contributed by atoms with Crippen LogP contribution in [0.5, 0.6) is 11.8 Å². The number of nitrogens with zero attached hydrogens (tertiary/aromatic N) is 5. The van der Waals surface area contributed by atoms with Crippen molar-refractivity contribution in [2.45, 2.75) is 63.7 Å². The van der Waals surface area contributed by atoms with Crippen molar-refractivity contribution in [3.05, 3.63) is 46.9 Å². The SMILES string of the molecule is CCc1c(F)ccc2cc(O)cc(N3CCc4c(nc(OC[C@@]56CCCN5C[C@H](F)C6)nc4N(C)CCC(=O)O)C3)c12. The summed E-state index contributed by atoms with van der Waals surface area (Å²) in [5, 5.41) is 21.4. The highest BCUT2D eigenvalue weighted by atomic mass is 19.1. The third-order valence-electron chi connectivity index (χ3n) is 9.10. The number of rotatable bonds is 9. The van der Waals surface area contributed by atoms with Gasteiger partial charge in [0.15, 0.2) is 0 Å². The topological polar surface area (TPSA) is 102 Å². The highest BCUT2D eigenvalue weighted by Gasteiger charge is 2.49. The number of aryl methyl sites for hydroxylation is 1. The van der Waals surface area contributed by atoms with E-state index in [2.05, 4.69) is 9.80 Å². The number of carboxylic acids is 1. The summed E-state index contributed by atoms with van der Waals surface area (Å²) in [5.41, 5.74) is 2.60. The van der Waals surface area contributed by atoms with Crippen LogP contribution in [-0.4, -0.2) is 82.6 Å². The molecule has 0 radical (unpaired) electrons. The molecule has 1 aromatic heterocycles. The number of ether oxygens (including phenoxy) is 1. The van der Waals surface area contributed by atoms with Crippen molar-refractivity contribution in [2.75, 3.05) is 49.6 Å². The molecule has 2 fully saturated rings. The molecule has 224 valence electrons. The largest absolute Gasteiger partial charge is 0.508 e. The Bertz CT molecular complexity index is 1520. The van der Waals surface area contributed by atoms with E-state index in [0.717, 1.165) is 47.1 Å². The minimum Gasteiger partial charge on any atom is -0.508 e. The van der Waals surface area contributed by atoms with Crippen LogP contribution in [0.4, 0.5) is 20.3 Å². The van der Waals surface area contributed by atoms with Crippen LogP contribution < -0.4 is 14.5 Å². The number of benzene rings is 2. The quantitative estimate of drug-likeness (QED) is 0.379. The van der Waals surface area contributed by atoms with Crippen molar-refractivity contribution < 1.29 is 28.5 Å². The summed E-state index contributed by atoms with van der Waals surface area (Å²) in [7, 11) is 1.81. The summed E-state index contributed by atoms with van der Waals surface area (Å²) in [5.74, 6) is -0.463. The highest BCUT2D eigenvalue weighted by molar-refractivity contribution is 5.98. The van der Waals surface area contributed by atoms with Crippen molar-refractivity contribution in [1.29, 1.82) is 0 Å². The Morgan fingerprint density at radius 1 is 1.26 bits per heavy atom. The molecule has 0 spiro atoms. The molecule has 42 heavy (non-hydrogen) atoms. The van der Waals surface area contributed by atoms with E-state index in [1.54, 1.807) is 18.2 Å². The van der Waals surface area contributed by atoms with Gasteiger partial charge >= 0.3 is 12.0 Å². The van der Waals surface area contributed by atoms with Gasteiger partial charge in [-0.3, -0.25) is 9.69 Å². The Morgan fingerprint density at radius 2 is 2.10 bits per heavy atom. The molecule has 3 aliphatic heterocycles. The number of carbonyl (C=O) groups is 1. The Kier molecular flexibility index (Phi) is 7.55. The summed E-state index contributed by atoms with van der Waals surface area (Å²) in [4.78, 5) is 26.9. The number of aromatic hydroxyl groups is 1. The molecule has 0 unspecified atom stereocenters. The Labute approximate surface area is 243 Å². The van der Waals surface area contributed by atoms with Gasteiger partial charge < -0.3 is 24.7 Å². The summed E-state index contributed by atoms with van der Waals surface area (Å²) in [6.45, 7) is 4.68. The number of carboxylic acid groups (broad SMARTS) is 1. The zero-order valence-electron chi connectivity index (χ0n) is 24.1. The number of fused-ring (bicyclic) bond motifs is 3. The van der Waals surface area contributed by atoms with E-state index >= 15 is 0 Å². The third-order valence-corrected chi connectivity index (χ3v) is 9.10. The van der Waals surface area contributed by atoms with E-state index in [0.29, 0.717) is 50.3 Å². The molecule has 0 amide bonds. The third kappa shape index (κ3) is 5.19. The van der Waals surface area contributed by atoms with Gasteiger partial charge in [-0.05, 0) is 55.3 Å². The number of aliphatic carboxylic acids is 1. The minimum absolute atomic E-state index is 0.0474. The second-order valence-electron chi connectivity index (χ2n) is 11.8. The molecular weight excluding hydrogens is 544 g/mol. The van der Waals surface area contributed by atoms with Crippen LogP contribution in [0.3, 0.4) is 0 Å². The predicted octanol–water partition coefficient (Wildman–Crippen LogP) is 4.47. The van der Waals surface area contributed by atoms with E-state index in [1.807, 2.05) is 18.9 Å². The zero-order chi connectivity index (χ0) is 29.6. The first kappa shape index (κ1) is 28.4. The van der Waals surface area contributed by atoms with Crippen LogP contribution in [0.1, 0.15) is 49.4 Å². The van der Waals surface area contributed by atoms with Crippen LogP contribution in [0.15, 0.2) is 24.3 Å². The number of halogens is 2. The maximum absolute atomic E-state index is 14.9. The molecule has 2 atom stereocenters. The van der Waals surface area contributed by atoms with Crippen LogP contribution >= 0.6 is 0 Å². The Morgan fingerprint density at radius 3 is 2.88 bits per heavy atom. The molecule has 3 aromatic rings. The molecule has 11 heteroatoms. The fourth-order valence-electron chi connectivity index (χ4n) is 7.06. The lowest BCUT2D eigenvalue weighted by Crippen LogP contribution is -2.43. The highest BCUT2D eigenvalue weighted by Crippen LogP contribution is 2.41. The van der Waals surface area contributed by atoms with Gasteiger partial charge in [0.2, 0.25) is 0 Å². The molecular formula is C31H37F2N5O4. The van der Waals surface area contributed by atoms with E-state index in [1.165, 1.54) is 6.07 Å². The molecule has 0 bridgehead atoms. The molecule has 0 aliphatic carbocycles. The molecule has 2 saturated heterocycles. The summed E-state index contributed by atoms with van der Waals surface area (Å²) in [6.07, 6.45) is 2.43. The number of hydrogen-bond acceptors (Lipinski definition) is 8. The zero-order valence-corrected chi connectivity index (χ0v) is 24.1. The second kappa shape index (κ2) is 11.2. The second-order valence-corrected chi connectivity index (χ2v) is 11.8. The average molecular weight is 582 g/mol. The predicted molar refractivity (Wildman–Crippen MR) is 156 cm³/mol. The van der Waals surface area contributed by atoms with Gasteiger partial charge in [-0.2, -0.15) is 9.97 Å². The van der Waals surface area contributed by atoms with E-state index in [4.69, 9.17) is 14.7 Å². The first-order chi connectivity index (χ1) is 20.2. The first-order valence-electron chi connectivity index (χ1n) is 14.7. The Hall–Kier alpha value is -3.73. The van der Waals surface area contributed by atoms with Crippen molar-refractivity contribution in [3.63, 3.8) is 0 Å². The van der Waals surface area contributed by atoms with Gasteiger partial charge in [0.1, 0.15) is 30.2 Å². The average Bonchev–Trinajstić information content (AvgIpc) is 3.49. The molecule has 9 nitrogen and oxygen atoms in total. The van der Waals surface area contributed by atoms with E-state index in [-0.39, 0.29) is 42.7 Å². The Balaban J connectivity index is 1.36. The number of hydrogen-bond donors (Lipinski definition) is 2. The fraction of sp³-hybridized carbons (Fsp3) is 0.516. The van der Waals surface area contributed by atoms with Crippen LogP contribution in [0.25, 0.3) is 10.8 Å². The summed E-state index contributed by atoms with van der Waals surface area (Å²) in [6, 6.07) is 6.62. The lowest BCUT2D eigenvalue weighted by atomic mass is 9.95. The van der Waals surface area contributed by atoms with E-state index in [9.17, 15) is 23.8 Å². The lowest BCUT2D eigenvalue weighted by Gasteiger charge is -2.34. The first-order valence-corrected chi connectivity index (χ1v) is 14.7. The fourth-order valence-corrected chi connectivity index (χ4v) is 7.06. The van der Waals surface area contributed by atoms with Crippen molar-refractivity contribution in [2.24, 2.45) is 0 Å². The molecule has 4 heterocycles. The van der Waals surface area contributed by atoms with Gasteiger partial charge in [0.25, 0.3) is 0 Å². The number of aromatic nitrogens is 2. The van der Waals surface area contributed by atoms with Crippen LogP contribution in [0.2, 0.25) is 0 Å². The smallest absolute Gasteiger partial charge is 0.318 e. The number of anilines is 2. The van der Waals surface area contributed by atoms with Gasteiger partial charge in [-0.1, -0.05) is 13.0 Å². The van der Waals surface area contributed by atoms with Crippen molar-refractivity contribution >= 4 is 28.2 Å². The molecule has 2 N–H and O–H groups in total. The van der Waals surface area contributed by atoms with Crippen LogP contribution in [-0.2, 0) is 24.2 Å². The van der Waals surface area contributed by atoms with Crippen molar-refractivity contribution in [3.8, 4) is 11.8 Å². The van der Waals surface area contributed by atoms with Gasteiger partial charge in [-0.15, -0.1) is 0 Å². The minimum atomic E-state index is -0.899. The number of phenolic OH excluding ortho intramolecular Hbond substituents is 1. The molecule has 3 aliphatic rings. The maximum atomic E-state index is 14.9. The molecule has 6 rings (SSSR count). The lowest BCUT2D eigenvalue weighted by molar-refractivity contribution is -0.136. The van der Waals surface area contributed by atoms with E-state index < -0.39 is 12.1 Å². The molecule has 2 aromatic carbocycles. The molecule has 0 saturated carbocycles. The summed E-state index contributed by atoms with van der Waals surface area (Å²) < 4.78 is 35.4. The monoisotopic (exact) mass is 581 g/mol. The normalized spacial score (nSPS) is 21.9. The number of phenols is 1. The van der Waals surface area contributed by atoms with Crippen molar-refractivity contribution in [1.82, 2.24) is 14.9 Å². The number of alkyl halides is 1. The van der Waals surface area contributed by atoms with Gasteiger partial charge in [0, 0.05) is 55.8 Å². The van der Waals surface area contributed by atoms with Gasteiger partial charge in [0.05, 0.1) is 24.2 Å². The summed E-state index contributed by atoms with van der Waals surface area (Å²) >= 11 is 0.